The van der Waals surface area contributed by atoms with Gasteiger partial charge in [-0.15, -0.1) is 0 Å². The molecule has 0 radical (unpaired) electrons. The molecule has 36 heavy (non-hydrogen) atoms. The summed E-state index contributed by atoms with van der Waals surface area (Å²) in [4.78, 5) is 17.6. The van der Waals surface area contributed by atoms with Crippen LogP contribution in [0.15, 0.2) is 90.1 Å². The van der Waals surface area contributed by atoms with E-state index in [1.54, 1.807) is 18.9 Å². The van der Waals surface area contributed by atoms with Crippen molar-refractivity contribution < 1.29 is 9.53 Å². The molecule has 0 aliphatic rings. The highest BCUT2D eigenvalue weighted by Gasteiger charge is 2.20. The largest absolute Gasteiger partial charge is 0.497 e. The number of rotatable bonds is 12. The lowest BCUT2D eigenvalue weighted by molar-refractivity contribution is -0.120. The van der Waals surface area contributed by atoms with Crippen molar-refractivity contribution in [1.82, 2.24) is 14.9 Å². The van der Waals surface area contributed by atoms with Gasteiger partial charge >= 0.3 is 0 Å². The summed E-state index contributed by atoms with van der Waals surface area (Å²) < 4.78 is 7.54. The predicted molar refractivity (Wildman–Crippen MR) is 148 cm³/mol. The minimum atomic E-state index is 0.0186. The number of hydrogen-bond donors (Lipinski definition) is 1. The van der Waals surface area contributed by atoms with Crippen molar-refractivity contribution in [1.29, 1.82) is 0 Å². The highest BCUT2D eigenvalue weighted by Crippen LogP contribution is 2.36. The van der Waals surface area contributed by atoms with Crippen LogP contribution < -0.4 is 10.1 Å². The lowest BCUT2D eigenvalue weighted by atomic mass is 10.0. The fraction of sp³-hybridized carbons (Fsp3) is 0.267. The van der Waals surface area contributed by atoms with Gasteiger partial charge in [0.2, 0.25) is 5.91 Å². The second-order valence-electron chi connectivity index (χ2n) is 8.55. The van der Waals surface area contributed by atoms with Crippen molar-refractivity contribution >= 4 is 17.7 Å². The van der Waals surface area contributed by atoms with Crippen molar-refractivity contribution in [3.8, 4) is 28.3 Å². The first kappa shape index (κ1) is 25.6. The number of carbonyl (C=O) groups is 1. The first-order valence-electron chi connectivity index (χ1n) is 12.4. The molecule has 0 saturated heterocycles. The van der Waals surface area contributed by atoms with Crippen LogP contribution in [0.5, 0.6) is 5.75 Å². The van der Waals surface area contributed by atoms with Crippen LogP contribution in [-0.4, -0.2) is 34.9 Å². The smallest absolute Gasteiger partial charge is 0.224 e. The van der Waals surface area contributed by atoms with E-state index in [0.717, 1.165) is 58.6 Å². The van der Waals surface area contributed by atoms with Crippen LogP contribution in [0.25, 0.3) is 22.5 Å². The molecule has 1 heterocycles. The second kappa shape index (κ2) is 13.0. The zero-order valence-electron chi connectivity index (χ0n) is 20.9. The van der Waals surface area contributed by atoms with Gasteiger partial charge in [0, 0.05) is 30.0 Å². The molecule has 0 fully saturated rings. The van der Waals surface area contributed by atoms with Gasteiger partial charge in [-0.25, -0.2) is 4.98 Å². The standard InChI is InChI=1S/C30H33N3O2S/c1-3-4-20-33-29(25-13-9-6-10-14-25)28(24-11-7-5-8-12-24)32-30(33)36-21-19-31-27(34)22-23-15-17-26(35-2)18-16-23/h5-18H,3-4,19-22H2,1-2H3,(H,31,34). The van der Waals surface area contributed by atoms with E-state index in [4.69, 9.17) is 9.72 Å². The minimum absolute atomic E-state index is 0.0186. The highest BCUT2D eigenvalue weighted by molar-refractivity contribution is 7.99. The Labute approximate surface area is 217 Å². The molecule has 6 heteroatoms. The minimum Gasteiger partial charge on any atom is -0.497 e. The quantitative estimate of drug-likeness (QED) is 0.179. The van der Waals surface area contributed by atoms with E-state index in [0.29, 0.717) is 13.0 Å². The van der Waals surface area contributed by atoms with E-state index in [1.165, 1.54) is 5.56 Å². The van der Waals surface area contributed by atoms with Crippen LogP contribution in [0.4, 0.5) is 0 Å². The van der Waals surface area contributed by atoms with Crippen molar-refractivity contribution in [3.63, 3.8) is 0 Å². The number of nitrogens with one attached hydrogen (secondary N) is 1. The highest BCUT2D eigenvalue weighted by atomic mass is 32.2. The number of amides is 1. The predicted octanol–water partition coefficient (Wildman–Crippen LogP) is 6.48. The number of carbonyl (C=O) groups excluding carboxylic acids is 1. The monoisotopic (exact) mass is 499 g/mol. The summed E-state index contributed by atoms with van der Waals surface area (Å²) in [7, 11) is 1.64. The molecule has 4 rings (SSSR count). The Morgan fingerprint density at radius 2 is 1.61 bits per heavy atom. The maximum Gasteiger partial charge on any atom is 0.224 e. The Morgan fingerprint density at radius 3 is 2.25 bits per heavy atom. The lowest BCUT2D eigenvalue weighted by Gasteiger charge is -2.13. The van der Waals surface area contributed by atoms with E-state index < -0.39 is 0 Å². The van der Waals surface area contributed by atoms with Crippen LogP contribution in [0.1, 0.15) is 25.3 Å². The first-order valence-corrected chi connectivity index (χ1v) is 13.4. The lowest BCUT2D eigenvalue weighted by Crippen LogP contribution is -2.27. The molecule has 4 aromatic rings. The Hall–Kier alpha value is -3.51. The Kier molecular flexibility index (Phi) is 9.22. The van der Waals surface area contributed by atoms with Gasteiger partial charge in [-0.1, -0.05) is 97.9 Å². The topological polar surface area (TPSA) is 56.2 Å². The van der Waals surface area contributed by atoms with Gasteiger partial charge in [-0.2, -0.15) is 0 Å². The van der Waals surface area contributed by atoms with E-state index in [1.807, 2.05) is 36.4 Å². The third kappa shape index (κ3) is 6.58. The number of benzene rings is 3. The van der Waals surface area contributed by atoms with Gasteiger partial charge in [0.05, 0.1) is 24.9 Å². The summed E-state index contributed by atoms with van der Waals surface area (Å²) in [5.74, 6) is 1.56. The van der Waals surface area contributed by atoms with Gasteiger partial charge in [0.25, 0.3) is 0 Å². The number of hydrogen-bond acceptors (Lipinski definition) is 4. The molecular formula is C30H33N3O2S. The molecule has 186 valence electrons. The van der Waals surface area contributed by atoms with E-state index in [9.17, 15) is 4.79 Å². The molecule has 0 aliphatic carbocycles. The van der Waals surface area contributed by atoms with Crippen LogP contribution in [0.2, 0.25) is 0 Å². The summed E-state index contributed by atoms with van der Waals surface area (Å²) in [5.41, 5.74) is 5.40. The van der Waals surface area contributed by atoms with Crippen LogP contribution in [0, 0.1) is 0 Å². The molecule has 0 spiro atoms. The molecule has 1 amide bonds. The van der Waals surface area contributed by atoms with Crippen molar-refractivity contribution in [2.75, 3.05) is 19.4 Å². The summed E-state index contributed by atoms with van der Waals surface area (Å²) >= 11 is 1.70. The number of imidazole rings is 1. The van der Waals surface area contributed by atoms with Crippen LogP contribution >= 0.6 is 11.8 Å². The number of nitrogens with zero attached hydrogens (tertiary/aromatic N) is 2. The van der Waals surface area contributed by atoms with E-state index >= 15 is 0 Å². The number of thioether (sulfide) groups is 1. The summed E-state index contributed by atoms with van der Waals surface area (Å²) in [5, 5.41) is 4.04. The third-order valence-electron chi connectivity index (χ3n) is 5.94. The normalized spacial score (nSPS) is 10.8. The van der Waals surface area contributed by atoms with Gasteiger partial charge in [0.15, 0.2) is 5.16 Å². The summed E-state index contributed by atoms with van der Waals surface area (Å²) in [6, 6.07) is 28.5. The summed E-state index contributed by atoms with van der Waals surface area (Å²) in [6.45, 7) is 3.71. The van der Waals surface area contributed by atoms with Gasteiger partial charge in [-0.05, 0) is 24.1 Å². The maximum atomic E-state index is 12.4. The average molecular weight is 500 g/mol. The molecule has 3 aromatic carbocycles. The average Bonchev–Trinajstić information content (AvgIpc) is 3.29. The zero-order chi connectivity index (χ0) is 25.2. The zero-order valence-corrected chi connectivity index (χ0v) is 21.8. The molecule has 0 unspecified atom stereocenters. The van der Waals surface area contributed by atoms with Gasteiger partial charge < -0.3 is 14.6 Å². The van der Waals surface area contributed by atoms with Crippen LogP contribution in [-0.2, 0) is 17.8 Å². The number of aromatic nitrogens is 2. The Balaban J connectivity index is 1.48. The molecule has 1 aromatic heterocycles. The molecule has 0 atom stereocenters. The number of methoxy groups -OCH3 is 1. The van der Waals surface area contributed by atoms with Crippen LogP contribution in [0.3, 0.4) is 0 Å². The SMILES string of the molecule is CCCCn1c(SCCNC(=O)Cc2ccc(OC)cc2)nc(-c2ccccc2)c1-c1ccccc1. The van der Waals surface area contributed by atoms with Crippen molar-refractivity contribution in [2.24, 2.45) is 0 Å². The van der Waals surface area contributed by atoms with Gasteiger partial charge in [-0.3, -0.25) is 4.79 Å². The molecule has 1 N–H and O–H groups in total. The number of ether oxygens (including phenoxy) is 1. The van der Waals surface area contributed by atoms with E-state index in [-0.39, 0.29) is 5.91 Å². The molecule has 0 saturated carbocycles. The first-order chi connectivity index (χ1) is 17.7. The molecular weight excluding hydrogens is 466 g/mol. The Bertz CT molecular complexity index is 1240. The molecule has 0 bridgehead atoms. The van der Waals surface area contributed by atoms with Gasteiger partial charge in [0.1, 0.15) is 5.75 Å². The maximum absolute atomic E-state index is 12.4. The summed E-state index contributed by atoms with van der Waals surface area (Å²) in [6.07, 6.45) is 2.55. The molecule has 0 aliphatic heterocycles. The van der Waals surface area contributed by atoms with Crippen molar-refractivity contribution in [2.45, 2.75) is 37.9 Å². The Morgan fingerprint density at radius 1 is 0.944 bits per heavy atom. The number of unbranched alkanes of at least 4 members (excludes halogenated alkanes) is 1. The van der Waals surface area contributed by atoms with E-state index in [2.05, 4.69) is 65.3 Å². The fourth-order valence-electron chi connectivity index (χ4n) is 4.08. The second-order valence-corrected chi connectivity index (χ2v) is 9.61. The fourth-order valence-corrected chi connectivity index (χ4v) is 4.96. The molecule has 5 nitrogen and oxygen atoms in total. The third-order valence-corrected chi connectivity index (χ3v) is 6.92. The van der Waals surface area contributed by atoms with Crippen molar-refractivity contribution in [3.05, 3.63) is 90.5 Å².